The van der Waals surface area contributed by atoms with Crippen molar-refractivity contribution in [2.45, 2.75) is 6.61 Å². The molecule has 1 aliphatic rings. The third-order valence-corrected chi connectivity index (χ3v) is 4.26. The number of benzene rings is 1. The summed E-state index contributed by atoms with van der Waals surface area (Å²) in [5.41, 5.74) is 0.528. The average Bonchev–Trinajstić information content (AvgIpc) is 2.75. The van der Waals surface area contributed by atoms with Gasteiger partial charge in [-0.25, -0.2) is 0 Å². The highest BCUT2D eigenvalue weighted by atomic mass is 32.2. The molecule has 1 saturated heterocycles. The summed E-state index contributed by atoms with van der Waals surface area (Å²) in [5.74, 6) is -0.161. The van der Waals surface area contributed by atoms with E-state index >= 15 is 0 Å². The van der Waals surface area contributed by atoms with Crippen molar-refractivity contribution in [3.63, 3.8) is 0 Å². The summed E-state index contributed by atoms with van der Waals surface area (Å²) >= 11 is 6.28. The van der Waals surface area contributed by atoms with Crippen LogP contribution < -0.4 is 9.47 Å². The van der Waals surface area contributed by atoms with Crippen molar-refractivity contribution in [1.82, 2.24) is 4.90 Å². The third-order valence-electron chi connectivity index (χ3n) is 2.89. The molecule has 0 radical (unpaired) electrons. The van der Waals surface area contributed by atoms with Gasteiger partial charge in [-0.15, -0.1) is 6.58 Å². The highest BCUT2D eigenvalue weighted by molar-refractivity contribution is 8.26. The number of carbonyl (C=O) groups is 1. The molecular formula is C15H13F2NO3S2. The molecule has 1 aromatic rings. The number of methoxy groups -OCH3 is 1. The van der Waals surface area contributed by atoms with E-state index in [0.29, 0.717) is 21.3 Å². The Hall–Kier alpha value is -1.93. The predicted octanol–water partition coefficient (Wildman–Crippen LogP) is 3.68. The van der Waals surface area contributed by atoms with Gasteiger partial charge < -0.3 is 9.47 Å². The predicted molar refractivity (Wildman–Crippen MR) is 89.7 cm³/mol. The van der Waals surface area contributed by atoms with Gasteiger partial charge in [0.1, 0.15) is 4.32 Å². The van der Waals surface area contributed by atoms with Crippen molar-refractivity contribution in [3.8, 4) is 11.5 Å². The van der Waals surface area contributed by atoms with Crippen LogP contribution >= 0.6 is 24.0 Å². The number of thioether (sulfide) groups is 1. The molecule has 1 aliphatic heterocycles. The number of thiocarbonyl (C=S) groups is 1. The molecule has 0 aliphatic carbocycles. The molecule has 0 N–H and O–H groups in total. The van der Waals surface area contributed by atoms with Crippen LogP contribution in [0.1, 0.15) is 5.56 Å². The lowest BCUT2D eigenvalue weighted by Crippen LogP contribution is -2.27. The van der Waals surface area contributed by atoms with Crippen molar-refractivity contribution >= 4 is 40.3 Å². The minimum atomic E-state index is -2.97. The van der Waals surface area contributed by atoms with Gasteiger partial charge in [0.2, 0.25) is 0 Å². The first-order chi connectivity index (χ1) is 11.0. The number of carbonyl (C=O) groups excluding carboxylic acids is 1. The molecule has 122 valence electrons. The number of ether oxygens (including phenoxy) is 2. The molecule has 1 aromatic carbocycles. The number of halogens is 2. The molecule has 1 amide bonds. The molecule has 0 aromatic heterocycles. The van der Waals surface area contributed by atoms with E-state index in [0.717, 1.165) is 11.8 Å². The number of hydrogen-bond donors (Lipinski definition) is 0. The topological polar surface area (TPSA) is 38.8 Å². The van der Waals surface area contributed by atoms with Crippen molar-refractivity contribution in [2.75, 3.05) is 13.7 Å². The lowest BCUT2D eigenvalue weighted by molar-refractivity contribution is -0.121. The lowest BCUT2D eigenvalue weighted by Gasteiger charge is -2.11. The van der Waals surface area contributed by atoms with Crippen molar-refractivity contribution in [2.24, 2.45) is 0 Å². The first-order valence-corrected chi connectivity index (χ1v) is 7.68. The van der Waals surface area contributed by atoms with Crippen LogP contribution in [0.3, 0.4) is 0 Å². The first kappa shape index (κ1) is 17.4. The zero-order valence-corrected chi connectivity index (χ0v) is 13.8. The number of amides is 1. The van der Waals surface area contributed by atoms with Gasteiger partial charge in [0.15, 0.2) is 11.5 Å². The maximum Gasteiger partial charge on any atom is 0.387 e. The average molecular weight is 357 g/mol. The second-order valence-corrected chi connectivity index (χ2v) is 6.05. The first-order valence-electron chi connectivity index (χ1n) is 6.45. The van der Waals surface area contributed by atoms with Gasteiger partial charge in [0, 0.05) is 6.54 Å². The Morgan fingerprint density at radius 2 is 2.17 bits per heavy atom. The summed E-state index contributed by atoms with van der Waals surface area (Å²) in [4.78, 5) is 14.0. The molecule has 0 spiro atoms. The van der Waals surface area contributed by atoms with E-state index in [9.17, 15) is 13.6 Å². The number of hydrogen-bond acceptors (Lipinski definition) is 5. The smallest absolute Gasteiger partial charge is 0.387 e. The van der Waals surface area contributed by atoms with E-state index in [4.69, 9.17) is 17.0 Å². The molecule has 8 heteroatoms. The summed E-state index contributed by atoms with van der Waals surface area (Å²) in [6.45, 7) is 0.933. The lowest BCUT2D eigenvalue weighted by atomic mass is 10.2. The van der Waals surface area contributed by atoms with Gasteiger partial charge >= 0.3 is 6.61 Å². The maximum atomic E-state index is 12.4. The van der Waals surface area contributed by atoms with E-state index in [2.05, 4.69) is 11.3 Å². The minimum absolute atomic E-state index is 0.0992. The van der Waals surface area contributed by atoms with Gasteiger partial charge in [-0.1, -0.05) is 36.1 Å². The molecule has 0 atom stereocenters. The van der Waals surface area contributed by atoms with Gasteiger partial charge in [-0.2, -0.15) is 8.78 Å². The molecule has 23 heavy (non-hydrogen) atoms. The molecular weight excluding hydrogens is 344 g/mol. The summed E-state index contributed by atoms with van der Waals surface area (Å²) < 4.78 is 34.7. The van der Waals surface area contributed by atoms with E-state index in [-0.39, 0.29) is 17.4 Å². The zero-order valence-electron chi connectivity index (χ0n) is 12.1. The molecule has 2 rings (SSSR count). The van der Waals surface area contributed by atoms with Crippen LogP contribution in [0.15, 0.2) is 35.8 Å². The Kier molecular flexibility index (Phi) is 5.73. The van der Waals surface area contributed by atoms with Crippen LogP contribution in [0.2, 0.25) is 0 Å². The fourth-order valence-corrected chi connectivity index (χ4v) is 3.18. The molecule has 0 saturated carbocycles. The monoisotopic (exact) mass is 357 g/mol. The van der Waals surface area contributed by atoms with Crippen LogP contribution in [0.4, 0.5) is 8.78 Å². The van der Waals surface area contributed by atoms with Crippen LogP contribution in [-0.4, -0.2) is 35.4 Å². The third kappa shape index (κ3) is 4.08. The Bertz CT molecular complexity index is 677. The van der Waals surface area contributed by atoms with Gasteiger partial charge in [-0.05, 0) is 23.8 Å². The highest BCUT2D eigenvalue weighted by Crippen LogP contribution is 2.35. The number of rotatable bonds is 6. The fraction of sp³-hybridized carbons (Fsp3) is 0.200. The van der Waals surface area contributed by atoms with Crippen LogP contribution in [0.5, 0.6) is 11.5 Å². The Morgan fingerprint density at radius 3 is 2.78 bits per heavy atom. The van der Waals surface area contributed by atoms with E-state index in [1.54, 1.807) is 18.2 Å². The van der Waals surface area contributed by atoms with Crippen molar-refractivity contribution in [3.05, 3.63) is 41.3 Å². The summed E-state index contributed by atoms with van der Waals surface area (Å²) in [5, 5.41) is 0. The van der Waals surface area contributed by atoms with Crippen LogP contribution in [0.25, 0.3) is 6.08 Å². The summed E-state index contributed by atoms with van der Waals surface area (Å²) in [7, 11) is 1.35. The standard InChI is InChI=1S/C15H13F2NO3S2/c1-3-6-18-13(19)12(23-15(18)22)8-9-4-5-10(20-2)11(7-9)21-14(16)17/h3-5,7-8,14H,1,6H2,2H3/b12-8-. The molecule has 4 nitrogen and oxygen atoms in total. The number of nitrogens with zero attached hydrogens (tertiary/aromatic N) is 1. The van der Waals surface area contributed by atoms with E-state index < -0.39 is 6.61 Å². The van der Waals surface area contributed by atoms with Crippen LogP contribution in [-0.2, 0) is 4.79 Å². The Balaban J connectivity index is 2.30. The van der Waals surface area contributed by atoms with Gasteiger partial charge in [-0.3, -0.25) is 9.69 Å². The Morgan fingerprint density at radius 1 is 1.43 bits per heavy atom. The molecule has 0 unspecified atom stereocenters. The Labute approximate surface area is 141 Å². The summed E-state index contributed by atoms with van der Waals surface area (Å²) in [6.07, 6.45) is 3.15. The van der Waals surface area contributed by atoms with Crippen molar-refractivity contribution < 1.29 is 23.0 Å². The summed E-state index contributed by atoms with van der Waals surface area (Å²) in [6, 6.07) is 4.51. The molecule has 0 bridgehead atoms. The van der Waals surface area contributed by atoms with Gasteiger partial charge in [0.05, 0.1) is 12.0 Å². The fourth-order valence-electron chi connectivity index (χ4n) is 1.91. The second-order valence-electron chi connectivity index (χ2n) is 4.37. The highest BCUT2D eigenvalue weighted by Gasteiger charge is 2.31. The maximum absolute atomic E-state index is 12.4. The van der Waals surface area contributed by atoms with Crippen molar-refractivity contribution in [1.29, 1.82) is 0 Å². The van der Waals surface area contributed by atoms with Crippen LogP contribution in [0, 0.1) is 0 Å². The zero-order chi connectivity index (χ0) is 17.0. The normalized spacial score (nSPS) is 16.3. The molecule has 1 heterocycles. The quantitative estimate of drug-likeness (QED) is 0.441. The SMILES string of the molecule is C=CCN1C(=O)/C(=C/c2ccc(OC)c(OC(F)F)c2)SC1=S. The van der Waals surface area contributed by atoms with E-state index in [1.807, 2.05) is 0 Å². The van der Waals surface area contributed by atoms with Gasteiger partial charge in [0.25, 0.3) is 5.91 Å². The number of alkyl halides is 2. The second kappa shape index (κ2) is 7.56. The minimum Gasteiger partial charge on any atom is -0.493 e. The largest absolute Gasteiger partial charge is 0.493 e. The molecule has 1 fully saturated rings. The van der Waals surface area contributed by atoms with E-state index in [1.165, 1.54) is 24.1 Å².